The fourth-order valence-corrected chi connectivity index (χ4v) is 2.67. The van der Waals surface area contributed by atoms with Gasteiger partial charge in [-0.25, -0.2) is 0 Å². The lowest BCUT2D eigenvalue weighted by molar-refractivity contribution is -0.225. The van der Waals surface area contributed by atoms with Crippen LogP contribution in [0, 0.1) is 0 Å². The number of nitrogens with zero attached hydrogens (tertiary/aromatic N) is 1. The van der Waals surface area contributed by atoms with Crippen LogP contribution in [0.2, 0.25) is 0 Å². The van der Waals surface area contributed by atoms with E-state index in [0.717, 1.165) is 44.6 Å². The van der Waals surface area contributed by atoms with Crippen molar-refractivity contribution < 1.29 is 13.9 Å². The topological polar surface area (TPSA) is 42.7 Å². The Morgan fingerprint density at radius 1 is 1.41 bits per heavy atom. The number of carbonyl (C=O) groups is 1. The summed E-state index contributed by atoms with van der Waals surface area (Å²) in [5.74, 6) is 0.856. The number of hydrogen-bond donors (Lipinski definition) is 0. The third kappa shape index (κ3) is 1.86. The van der Waals surface area contributed by atoms with E-state index in [1.807, 2.05) is 17.0 Å². The zero-order chi connectivity index (χ0) is 11.7. The van der Waals surface area contributed by atoms with Crippen LogP contribution in [0.25, 0.3) is 0 Å². The van der Waals surface area contributed by atoms with Crippen LogP contribution in [0.4, 0.5) is 0 Å². The minimum atomic E-state index is -0.276. The minimum Gasteiger partial charge on any atom is -0.469 e. The summed E-state index contributed by atoms with van der Waals surface area (Å²) in [6, 6.07) is 3.66. The van der Waals surface area contributed by atoms with Crippen molar-refractivity contribution in [2.24, 2.45) is 0 Å². The first-order chi connectivity index (χ1) is 8.30. The molecule has 2 aliphatic rings. The lowest BCUT2D eigenvalue weighted by atomic mass is 9.85. The van der Waals surface area contributed by atoms with Gasteiger partial charge in [-0.1, -0.05) is 0 Å². The van der Waals surface area contributed by atoms with E-state index in [1.54, 1.807) is 6.26 Å². The Morgan fingerprint density at radius 3 is 2.94 bits per heavy atom. The second-order valence-electron chi connectivity index (χ2n) is 4.80. The quantitative estimate of drug-likeness (QED) is 0.787. The van der Waals surface area contributed by atoms with Gasteiger partial charge >= 0.3 is 0 Å². The predicted octanol–water partition coefficient (Wildman–Crippen LogP) is 1.95. The SMILES string of the molecule is O=C(Cc1ccco1)N1CCCOC12CCC2. The first-order valence-corrected chi connectivity index (χ1v) is 6.27. The van der Waals surface area contributed by atoms with Crippen molar-refractivity contribution in [3.05, 3.63) is 24.2 Å². The van der Waals surface area contributed by atoms with Gasteiger partial charge in [0.05, 0.1) is 19.3 Å². The molecule has 4 nitrogen and oxygen atoms in total. The van der Waals surface area contributed by atoms with Gasteiger partial charge in [0.2, 0.25) is 5.91 Å². The molecule has 1 aliphatic heterocycles. The molecule has 1 saturated carbocycles. The third-order valence-electron chi connectivity index (χ3n) is 3.73. The molecule has 0 N–H and O–H groups in total. The maximum absolute atomic E-state index is 12.3. The Labute approximate surface area is 101 Å². The van der Waals surface area contributed by atoms with Crippen LogP contribution in [0.1, 0.15) is 31.4 Å². The minimum absolute atomic E-state index is 0.124. The van der Waals surface area contributed by atoms with Crippen molar-refractivity contribution in [2.45, 2.75) is 37.8 Å². The van der Waals surface area contributed by atoms with Crippen LogP contribution in [0.3, 0.4) is 0 Å². The molecule has 4 heteroatoms. The van der Waals surface area contributed by atoms with Gasteiger partial charge in [0.25, 0.3) is 0 Å². The van der Waals surface area contributed by atoms with Crippen molar-refractivity contribution in [1.82, 2.24) is 4.90 Å². The average Bonchev–Trinajstić information content (AvgIpc) is 2.79. The molecule has 0 atom stereocenters. The van der Waals surface area contributed by atoms with Crippen LogP contribution in [-0.4, -0.2) is 29.7 Å². The molecule has 92 valence electrons. The first-order valence-electron chi connectivity index (χ1n) is 6.27. The molecule has 1 aromatic rings. The van der Waals surface area contributed by atoms with Crippen molar-refractivity contribution in [1.29, 1.82) is 0 Å². The lowest BCUT2D eigenvalue weighted by Crippen LogP contribution is -2.61. The molecule has 0 bridgehead atoms. The van der Waals surface area contributed by atoms with Crippen LogP contribution in [-0.2, 0) is 16.0 Å². The van der Waals surface area contributed by atoms with Crippen LogP contribution < -0.4 is 0 Å². The molecule has 1 aromatic heterocycles. The highest BCUT2D eigenvalue weighted by Crippen LogP contribution is 2.41. The number of furan rings is 1. The summed E-state index contributed by atoms with van der Waals surface area (Å²) in [5.41, 5.74) is -0.276. The van der Waals surface area contributed by atoms with Gasteiger partial charge in [-0.15, -0.1) is 0 Å². The molecule has 2 heterocycles. The van der Waals surface area contributed by atoms with Gasteiger partial charge in [0.15, 0.2) is 0 Å². The van der Waals surface area contributed by atoms with E-state index >= 15 is 0 Å². The van der Waals surface area contributed by atoms with E-state index < -0.39 is 0 Å². The highest BCUT2D eigenvalue weighted by atomic mass is 16.5. The molecule has 1 amide bonds. The summed E-state index contributed by atoms with van der Waals surface area (Å²) >= 11 is 0. The fourth-order valence-electron chi connectivity index (χ4n) is 2.67. The number of rotatable bonds is 2. The second-order valence-corrected chi connectivity index (χ2v) is 4.80. The predicted molar refractivity (Wildman–Crippen MR) is 61.3 cm³/mol. The Balaban J connectivity index is 1.71. The zero-order valence-corrected chi connectivity index (χ0v) is 9.85. The van der Waals surface area contributed by atoms with Crippen molar-refractivity contribution in [2.75, 3.05) is 13.2 Å². The first kappa shape index (κ1) is 10.8. The van der Waals surface area contributed by atoms with Crippen molar-refractivity contribution >= 4 is 5.91 Å². The van der Waals surface area contributed by atoms with Crippen molar-refractivity contribution in [3.8, 4) is 0 Å². The molecule has 0 radical (unpaired) electrons. The molecule has 2 fully saturated rings. The standard InChI is InChI=1S/C13H17NO3/c15-12(10-11-4-1-8-16-11)14-7-3-9-17-13(14)5-2-6-13/h1,4,8H,2-3,5-7,9-10H2. The van der Waals surface area contributed by atoms with Crippen molar-refractivity contribution in [3.63, 3.8) is 0 Å². The fraction of sp³-hybridized carbons (Fsp3) is 0.615. The van der Waals surface area contributed by atoms with E-state index in [9.17, 15) is 4.79 Å². The Morgan fingerprint density at radius 2 is 2.29 bits per heavy atom. The van der Waals surface area contributed by atoms with Crippen LogP contribution in [0.15, 0.2) is 22.8 Å². The molecule has 0 unspecified atom stereocenters. The number of carbonyl (C=O) groups excluding carboxylic acids is 1. The maximum atomic E-state index is 12.3. The monoisotopic (exact) mass is 235 g/mol. The highest BCUT2D eigenvalue weighted by Gasteiger charge is 2.47. The number of ether oxygens (including phenoxy) is 1. The van der Waals surface area contributed by atoms with E-state index in [2.05, 4.69) is 0 Å². The van der Waals surface area contributed by atoms with E-state index in [-0.39, 0.29) is 11.6 Å². The number of amides is 1. The summed E-state index contributed by atoms with van der Waals surface area (Å²) < 4.78 is 11.1. The summed E-state index contributed by atoms with van der Waals surface area (Å²) in [6.45, 7) is 1.60. The molecule has 1 saturated heterocycles. The zero-order valence-electron chi connectivity index (χ0n) is 9.85. The Kier molecular flexibility index (Phi) is 2.67. The van der Waals surface area contributed by atoms with E-state index in [1.165, 1.54) is 0 Å². The van der Waals surface area contributed by atoms with Gasteiger partial charge in [-0.3, -0.25) is 4.79 Å². The molecule has 0 aromatic carbocycles. The summed E-state index contributed by atoms with van der Waals surface area (Å²) in [5, 5.41) is 0. The highest BCUT2D eigenvalue weighted by molar-refractivity contribution is 5.79. The molecule has 1 spiro atoms. The third-order valence-corrected chi connectivity index (χ3v) is 3.73. The largest absolute Gasteiger partial charge is 0.469 e. The lowest BCUT2D eigenvalue weighted by Gasteiger charge is -2.52. The smallest absolute Gasteiger partial charge is 0.232 e. The van der Waals surface area contributed by atoms with Gasteiger partial charge in [-0.2, -0.15) is 0 Å². The summed E-state index contributed by atoms with van der Waals surface area (Å²) in [4.78, 5) is 14.2. The molecule has 1 aliphatic carbocycles. The molecular weight excluding hydrogens is 218 g/mol. The van der Waals surface area contributed by atoms with Crippen LogP contribution >= 0.6 is 0 Å². The maximum Gasteiger partial charge on any atom is 0.232 e. The summed E-state index contributed by atoms with van der Waals surface area (Å²) in [6.07, 6.45) is 6.01. The molecule has 17 heavy (non-hydrogen) atoms. The van der Waals surface area contributed by atoms with Gasteiger partial charge in [0, 0.05) is 6.54 Å². The van der Waals surface area contributed by atoms with Gasteiger partial charge in [0.1, 0.15) is 11.5 Å². The number of hydrogen-bond acceptors (Lipinski definition) is 3. The second kappa shape index (κ2) is 4.18. The average molecular weight is 235 g/mol. The van der Waals surface area contributed by atoms with E-state index in [0.29, 0.717) is 6.42 Å². The van der Waals surface area contributed by atoms with Gasteiger partial charge < -0.3 is 14.1 Å². The van der Waals surface area contributed by atoms with Gasteiger partial charge in [-0.05, 0) is 37.8 Å². The Hall–Kier alpha value is -1.29. The van der Waals surface area contributed by atoms with E-state index in [4.69, 9.17) is 9.15 Å². The molecule has 3 rings (SSSR count). The molecular formula is C13H17NO3. The normalized spacial score (nSPS) is 22.5. The Bertz CT molecular complexity index is 395. The van der Waals surface area contributed by atoms with Crippen LogP contribution in [0.5, 0.6) is 0 Å². The summed E-state index contributed by atoms with van der Waals surface area (Å²) in [7, 11) is 0.